The van der Waals surface area contributed by atoms with Gasteiger partial charge in [-0.1, -0.05) is 30.3 Å². The summed E-state index contributed by atoms with van der Waals surface area (Å²) in [6, 6.07) is 24.0. The van der Waals surface area contributed by atoms with E-state index in [1.807, 2.05) is 24.3 Å². The first kappa shape index (κ1) is 26.2. The van der Waals surface area contributed by atoms with Gasteiger partial charge in [-0.2, -0.15) is 5.10 Å². The molecular weight excluding hydrogens is 486 g/mol. The predicted molar refractivity (Wildman–Crippen MR) is 142 cm³/mol. The highest BCUT2D eigenvalue weighted by atomic mass is 16.5. The van der Waals surface area contributed by atoms with E-state index in [0.29, 0.717) is 34.1 Å². The maximum absolute atomic E-state index is 12.5. The first-order valence-electron chi connectivity index (χ1n) is 11.9. The van der Waals surface area contributed by atoms with E-state index < -0.39 is 0 Å². The van der Waals surface area contributed by atoms with Gasteiger partial charge in [0.05, 0.1) is 26.5 Å². The Hall–Kier alpha value is -4.92. The molecule has 0 aliphatic rings. The third kappa shape index (κ3) is 6.44. The third-order valence-electron chi connectivity index (χ3n) is 5.71. The van der Waals surface area contributed by atoms with Gasteiger partial charge in [0.2, 0.25) is 0 Å². The molecule has 0 spiro atoms. The van der Waals surface area contributed by atoms with E-state index in [4.69, 9.17) is 14.2 Å². The number of benzene rings is 3. The zero-order valence-electron chi connectivity index (χ0n) is 21.0. The molecule has 194 valence electrons. The van der Waals surface area contributed by atoms with Gasteiger partial charge in [-0.25, -0.2) is 4.68 Å². The quantitative estimate of drug-likeness (QED) is 0.306. The summed E-state index contributed by atoms with van der Waals surface area (Å²) in [7, 11) is 3.10. The van der Waals surface area contributed by atoms with Crippen LogP contribution in [0, 0.1) is 0 Å². The fourth-order valence-electron chi connectivity index (χ4n) is 3.72. The van der Waals surface area contributed by atoms with Crippen molar-refractivity contribution >= 4 is 11.7 Å². The van der Waals surface area contributed by atoms with Gasteiger partial charge >= 0.3 is 0 Å². The molecule has 0 aliphatic heterocycles. The molecule has 3 aromatic carbocycles. The molecule has 9 heteroatoms. The van der Waals surface area contributed by atoms with Gasteiger partial charge in [0.1, 0.15) is 5.75 Å². The van der Waals surface area contributed by atoms with Crippen molar-refractivity contribution < 1.29 is 23.8 Å². The van der Waals surface area contributed by atoms with Crippen LogP contribution in [0.3, 0.4) is 0 Å². The average Bonchev–Trinajstić information content (AvgIpc) is 2.97. The van der Waals surface area contributed by atoms with E-state index in [0.717, 1.165) is 5.56 Å². The third-order valence-corrected chi connectivity index (χ3v) is 5.71. The van der Waals surface area contributed by atoms with Gasteiger partial charge in [0.25, 0.3) is 11.5 Å². The number of nitrogens with zero attached hydrogens (tertiary/aromatic N) is 2. The van der Waals surface area contributed by atoms with Gasteiger partial charge in [0, 0.05) is 29.3 Å². The number of methoxy groups -OCH3 is 2. The minimum Gasteiger partial charge on any atom is -0.493 e. The van der Waals surface area contributed by atoms with Gasteiger partial charge in [-0.15, -0.1) is 0 Å². The van der Waals surface area contributed by atoms with Crippen LogP contribution in [0.4, 0.5) is 0 Å². The Balaban J connectivity index is 1.29. The van der Waals surface area contributed by atoms with Gasteiger partial charge in [-0.3, -0.25) is 14.4 Å². The van der Waals surface area contributed by atoms with Gasteiger partial charge < -0.3 is 19.5 Å². The van der Waals surface area contributed by atoms with E-state index in [2.05, 4.69) is 10.4 Å². The highest BCUT2D eigenvalue weighted by Gasteiger charge is 2.11. The number of hydrogen-bond acceptors (Lipinski definition) is 7. The Labute approximate surface area is 219 Å². The average molecular weight is 514 g/mol. The number of carbonyl (C=O) groups excluding carboxylic acids is 2. The van der Waals surface area contributed by atoms with Crippen LogP contribution in [-0.4, -0.2) is 48.8 Å². The van der Waals surface area contributed by atoms with Gasteiger partial charge in [0.15, 0.2) is 23.9 Å². The minimum absolute atomic E-state index is 0.0889. The van der Waals surface area contributed by atoms with E-state index in [1.165, 1.54) is 10.7 Å². The molecule has 0 unspecified atom stereocenters. The number of ketones is 1. The van der Waals surface area contributed by atoms with Crippen LogP contribution in [0.15, 0.2) is 89.7 Å². The summed E-state index contributed by atoms with van der Waals surface area (Å²) in [6.07, 6.45) is 0. The van der Waals surface area contributed by atoms with Crippen LogP contribution < -0.4 is 25.1 Å². The lowest BCUT2D eigenvalue weighted by Gasteiger charge is -2.11. The molecule has 4 rings (SSSR count). The molecule has 0 bridgehead atoms. The van der Waals surface area contributed by atoms with Crippen molar-refractivity contribution in [3.05, 3.63) is 106 Å². The number of nitrogens with one attached hydrogen (secondary N) is 1. The number of ether oxygens (including phenoxy) is 3. The van der Waals surface area contributed by atoms with Crippen LogP contribution in [0.1, 0.15) is 15.9 Å². The topological polar surface area (TPSA) is 109 Å². The summed E-state index contributed by atoms with van der Waals surface area (Å²) >= 11 is 0. The second-order valence-corrected chi connectivity index (χ2v) is 8.21. The number of rotatable bonds is 11. The molecule has 4 aromatic rings. The second-order valence-electron chi connectivity index (χ2n) is 8.21. The van der Waals surface area contributed by atoms with E-state index in [9.17, 15) is 14.4 Å². The Kier molecular flexibility index (Phi) is 8.50. The molecule has 0 saturated heterocycles. The predicted octanol–water partition coefficient (Wildman–Crippen LogP) is 3.35. The molecule has 0 fully saturated rings. The van der Waals surface area contributed by atoms with Crippen molar-refractivity contribution in [1.29, 1.82) is 0 Å². The van der Waals surface area contributed by atoms with Crippen molar-refractivity contribution in [2.24, 2.45) is 0 Å². The fraction of sp³-hybridized carbons (Fsp3) is 0.172. The van der Waals surface area contributed by atoms with E-state index >= 15 is 0 Å². The molecule has 0 aliphatic carbocycles. The Morgan fingerprint density at radius 1 is 0.842 bits per heavy atom. The maximum atomic E-state index is 12.5. The normalized spacial score (nSPS) is 10.5. The van der Waals surface area contributed by atoms with Crippen molar-refractivity contribution in [3.8, 4) is 28.5 Å². The van der Waals surface area contributed by atoms with Crippen molar-refractivity contribution in [1.82, 2.24) is 15.1 Å². The SMILES string of the molecule is COc1ccc(-c2ccc(=O)n(CCNC(=O)COc3ccc(C(=O)c4ccccc4)cc3)n2)cc1OC. The Morgan fingerprint density at radius 2 is 1.55 bits per heavy atom. The zero-order valence-corrected chi connectivity index (χ0v) is 21.0. The highest BCUT2D eigenvalue weighted by molar-refractivity contribution is 6.09. The maximum Gasteiger partial charge on any atom is 0.266 e. The Morgan fingerprint density at radius 3 is 2.26 bits per heavy atom. The smallest absolute Gasteiger partial charge is 0.266 e. The monoisotopic (exact) mass is 513 g/mol. The molecule has 0 atom stereocenters. The van der Waals surface area contributed by atoms with Gasteiger partial charge in [-0.05, 0) is 48.5 Å². The second kappa shape index (κ2) is 12.4. The lowest BCUT2D eigenvalue weighted by Crippen LogP contribution is -2.34. The number of aromatic nitrogens is 2. The fourth-order valence-corrected chi connectivity index (χ4v) is 3.72. The molecule has 1 N–H and O–H groups in total. The van der Waals surface area contributed by atoms with Crippen molar-refractivity contribution in [2.75, 3.05) is 27.4 Å². The molecular formula is C29H27N3O6. The highest BCUT2D eigenvalue weighted by Crippen LogP contribution is 2.31. The minimum atomic E-state index is -0.349. The van der Waals surface area contributed by atoms with Crippen LogP contribution in [0.2, 0.25) is 0 Å². The molecule has 1 heterocycles. The van der Waals surface area contributed by atoms with Crippen molar-refractivity contribution in [3.63, 3.8) is 0 Å². The molecule has 1 aromatic heterocycles. The summed E-state index contributed by atoms with van der Waals surface area (Å²) in [5, 5.41) is 7.12. The lowest BCUT2D eigenvalue weighted by molar-refractivity contribution is -0.123. The van der Waals surface area contributed by atoms with Crippen LogP contribution in [-0.2, 0) is 11.3 Å². The summed E-state index contributed by atoms with van der Waals surface area (Å²) < 4.78 is 17.4. The molecule has 0 radical (unpaired) electrons. The number of amides is 1. The summed E-state index contributed by atoms with van der Waals surface area (Å²) in [5.41, 5.74) is 2.18. The first-order valence-corrected chi connectivity index (χ1v) is 11.9. The lowest BCUT2D eigenvalue weighted by atomic mass is 10.0. The van der Waals surface area contributed by atoms with Crippen LogP contribution >= 0.6 is 0 Å². The molecule has 1 amide bonds. The summed E-state index contributed by atoms with van der Waals surface area (Å²) in [5.74, 6) is 1.16. The van der Waals surface area contributed by atoms with Crippen LogP contribution in [0.25, 0.3) is 11.3 Å². The number of hydrogen-bond donors (Lipinski definition) is 1. The molecule has 38 heavy (non-hydrogen) atoms. The summed E-state index contributed by atoms with van der Waals surface area (Å²) in [6.45, 7) is 0.164. The largest absolute Gasteiger partial charge is 0.493 e. The Bertz CT molecular complexity index is 1470. The van der Waals surface area contributed by atoms with Crippen molar-refractivity contribution in [2.45, 2.75) is 6.54 Å². The molecule has 9 nitrogen and oxygen atoms in total. The molecule has 0 saturated carbocycles. The zero-order chi connectivity index (χ0) is 26.9. The van der Waals surface area contributed by atoms with E-state index in [1.54, 1.807) is 68.8 Å². The van der Waals surface area contributed by atoms with E-state index in [-0.39, 0.29) is 36.9 Å². The first-order chi connectivity index (χ1) is 18.5. The standard InChI is InChI=1S/C29H27N3O6/c1-36-25-14-10-22(18-26(25)37-2)24-13-15-28(34)32(31-24)17-16-30-27(33)19-38-23-11-8-21(9-12-23)29(35)20-6-4-3-5-7-20/h3-15,18H,16-17,19H2,1-2H3,(H,30,33). The number of carbonyl (C=O) groups is 2. The summed E-state index contributed by atoms with van der Waals surface area (Å²) in [4.78, 5) is 37.0. The van der Waals surface area contributed by atoms with Crippen LogP contribution in [0.5, 0.6) is 17.2 Å².